The summed E-state index contributed by atoms with van der Waals surface area (Å²) in [7, 11) is 2.01. The van der Waals surface area contributed by atoms with E-state index in [9.17, 15) is 4.39 Å². The van der Waals surface area contributed by atoms with Crippen molar-refractivity contribution < 1.29 is 4.39 Å². The molecule has 1 aromatic carbocycles. The second-order valence-electron chi connectivity index (χ2n) is 4.67. The highest BCUT2D eigenvalue weighted by atomic mass is 19.1. The van der Waals surface area contributed by atoms with Gasteiger partial charge in [0, 0.05) is 25.3 Å². The molecule has 1 N–H and O–H groups in total. The van der Waals surface area contributed by atoms with Crippen LogP contribution in [0.25, 0.3) is 0 Å². The zero-order chi connectivity index (χ0) is 14.4. The lowest BCUT2D eigenvalue weighted by molar-refractivity contribution is 0.628. The van der Waals surface area contributed by atoms with Crippen LogP contribution in [0.5, 0.6) is 0 Å². The van der Waals surface area contributed by atoms with Crippen LogP contribution in [0.1, 0.15) is 19.8 Å². The summed E-state index contributed by atoms with van der Waals surface area (Å²) in [4.78, 5) is 10.5. The molecule has 0 aliphatic carbocycles. The van der Waals surface area contributed by atoms with E-state index in [0.717, 1.165) is 30.9 Å². The molecular weight excluding hydrogens is 255 g/mol. The zero-order valence-corrected chi connectivity index (χ0v) is 11.8. The van der Waals surface area contributed by atoms with Crippen molar-refractivity contribution in [2.24, 2.45) is 0 Å². The third-order valence-electron chi connectivity index (χ3n) is 3.01. The normalized spacial score (nSPS) is 10.3. The summed E-state index contributed by atoms with van der Waals surface area (Å²) in [5, 5.41) is 3.14. The van der Waals surface area contributed by atoms with E-state index < -0.39 is 0 Å². The topological polar surface area (TPSA) is 41.0 Å². The summed E-state index contributed by atoms with van der Waals surface area (Å²) < 4.78 is 12.9. The van der Waals surface area contributed by atoms with Gasteiger partial charge in [0.15, 0.2) is 0 Å². The quantitative estimate of drug-likeness (QED) is 0.874. The van der Waals surface area contributed by atoms with Crippen molar-refractivity contribution in [3.63, 3.8) is 0 Å². The maximum absolute atomic E-state index is 12.9. The number of nitrogens with one attached hydrogen (secondary N) is 1. The van der Waals surface area contributed by atoms with Gasteiger partial charge in [0.1, 0.15) is 23.8 Å². The summed E-state index contributed by atoms with van der Waals surface area (Å²) in [5.74, 6) is 1.32. The number of unbranched alkanes of at least 4 members (excludes halogenated alkanes) is 1. The molecule has 0 atom stereocenters. The highest BCUT2D eigenvalue weighted by molar-refractivity contribution is 5.58. The van der Waals surface area contributed by atoms with Crippen molar-refractivity contribution in [2.75, 3.05) is 23.8 Å². The fraction of sp³-hybridized carbons (Fsp3) is 0.333. The predicted molar refractivity (Wildman–Crippen MR) is 79.9 cm³/mol. The lowest BCUT2D eigenvalue weighted by Crippen LogP contribution is -2.19. The van der Waals surface area contributed by atoms with Gasteiger partial charge >= 0.3 is 0 Å². The molecule has 0 amide bonds. The average Bonchev–Trinajstić information content (AvgIpc) is 2.47. The third kappa shape index (κ3) is 3.91. The number of hydrogen-bond donors (Lipinski definition) is 1. The Balaban J connectivity index is 2.07. The van der Waals surface area contributed by atoms with Crippen LogP contribution in [-0.2, 0) is 0 Å². The Morgan fingerprint density at radius 3 is 2.65 bits per heavy atom. The van der Waals surface area contributed by atoms with Gasteiger partial charge in [-0.1, -0.05) is 13.3 Å². The maximum atomic E-state index is 12.9. The molecular formula is C15H19FN4. The van der Waals surface area contributed by atoms with Crippen LogP contribution in [0, 0.1) is 5.82 Å². The third-order valence-corrected chi connectivity index (χ3v) is 3.01. The molecule has 1 aromatic heterocycles. The number of hydrogen-bond acceptors (Lipinski definition) is 4. The first-order valence-corrected chi connectivity index (χ1v) is 6.75. The van der Waals surface area contributed by atoms with Crippen molar-refractivity contribution in [1.82, 2.24) is 9.97 Å². The summed E-state index contributed by atoms with van der Waals surface area (Å²) in [6.07, 6.45) is 3.81. The molecule has 0 aliphatic heterocycles. The minimum atomic E-state index is -0.252. The minimum Gasteiger partial charge on any atom is -0.360 e. The van der Waals surface area contributed by atoms with Crippen LogP contribution >= 0.6 is 0 Å². The van der Waals surface area contributed by atoms with Gasteiger partial charge < -0.3 is 10.2 Å². The van der Waals surface area contributed by atoms with Crippen LogP contribution < -0.4 is 10.2 Å². The highest BCUT2D eigenvalue weighted by Crippen LogP contribution is 2.18. The van der Waals surface area contributed by atoms with E-state index >= 15 is 0 Å². The molecule has 0 radical (unpaired) electrons. The summed E-state index contributed by atoms with van der Waals surface area (Å²) >= 11 is 0. The van der Waals surface area contributed by atoms with Gasteiger partial charge in [-0.15, -0.1) is 0 Å². The summed E-state index contributed by atoms with van der Waals surface area (Å²) in [6, 6.07) is 8.07. The van der Waals surface area contributed by atoms with Crippen molar-refractivity contribution in [2.45, 2.75) is 19.8 Å². The lowest BCUT2D eigenvalue weighted by Gasteiger charge is -2.18. The van der Waals surface area contributed by atoms with E-state index in [2.05, 4.69) is 27.1 Å². The molecule has 20 heavy (non-hydrogen) atoms. The minimum absolute atomic E-state index is 0.252. The SMILES string of the molecule is CCCCN(C)c1cc(Nc2ccc(F)cc2)ncn1. The van der Waals surface area contributed by atoms with E-state index in [4.69, 9.17) is 0 Å². The Labute approximate surface area is 118 Å². The first-order chi connectivity index (χ1) is 9.69. The van der Waals surface area contributed by atoms with Gasteiger partial charge in [-0.05, 0) is 30.7 Å². The van der Waals surface area contributed by atoms with Gasteiger partial charge in [0.05, 0.1) is 0 Å². The van der Waals surface area contributed by atoms with Crippen LogP contribution in [0.15, 0.2) is 36.7 Å². The molecule has 0 saturated heterocycles. The lowest BCUT2D eigenvalue weighted by atomic mass is 10.3. The second-order valence-corrected chi connectivity index (χ2v) is 4.67. The van der Waals surface area contributed by atoms with E-state index in [0.29, 0.717) is 5.82 Å². The monoisotopic (exact) mass is 274 g/mol. The van der Waals surface area contributed by atoms with Gasteiger partial charge in [0.25, 0.3) is 0 Å². The molecule has 0 unspecified atom stereocenters. The first-order valence-electron chi connectivity index (χ1n) is 6.75. The first kappa shape index (κ1) is 14.2. The Bertz CT molecular complexity index is 542. The number of nitrogens with zero attached hydrogens (tertiary/aromatic N) is 3. The van der Waals surface area contributed by atoms with Crippen molar-refractivity contribution in [3.05, 3.63) is 42.5 Å². The number of rotatable bonds is 6. The number of halogens is 1. The molecule has 2 aromatic rings. The molecule has 0 saturated carbocycles. The standard InChI is InChI=1S/C15H19FN4/c1-3-4-9-20(2)15-10-14(17-11-18-15)19-13-7-5-12(16)6-8-13/h5-8,10-11H,3-4,9H2,1-2H3,(H,17,18,19). The van der Waals surface area contributed by atoms with E-state index in [1.165, 1.54) is 18.5 Å². The Morgan fingerprint density at radius 1 is 1.20 bits per heavy atom. The van der Waals surface area contributed by atoms with Crippen molar-refractivity contribution in [3.8, 4) is 0 Å². The van der Waals surface area contributed by atoms with Gasteiger partial charge in [-0.25, -0.2) is 14.4 Å². The molecule has 0 bridgehead atoms. The second kappa shape index (κ2) is 6.84. The summed E-state index contributed by atoms with van der Waals surface area (Å²) in [5.41, 5.74) is 0.798. The van der Waals surface area contributed by atoms with Crippen molar-refractivity contribution >= 4 is 17.3 Å². The molecule has 2 rings (SSSR count). The van der Waals surface area contributed by atoms with Crippen LogP contribution in [-0.4, -0.2) is 23.6 Å². The largest absolute Gasteiger partial charge is 0.360 e. The number of anilines is 3. The van der Waals surface area contributed by atoms with E-state index in [1.807, 2.05) is 13.1 Å². The van der Waals surface area contributed by atoms with Crippen LogP contribution in [0.3, 0.4) is 0 Å². The number of benzene rings is 1. The molecule has 0 fully saturated rings. The van der Waals surface area contributed by atoms with Gasteiger partial charge in [-0.2, -0.15) is 0 Å². The van der Waals surface area contributed by atoms with Crippen molar-refractivity contribution in [1.29, 1.82) is 0 Å². The predicted octanol–water partition coefficient (Wildman–Crippen LogP) is 3.60. The zero-order valence-electron chi connectivity index (χ0n) is 11.8. The van der Waals surface area contributed by atoms with Gasteiger partial charge in [-0.3, -0.25) is 0 Å². The fourth-order valence-corrected chi connectivity index (χ4v) is 1.82. The molecule has 106 valence electrons. The maximum Gasteiger partial charge on any atom is 0.135 e. The number of aromatic nitrogens is 2. The van der Waals surface area contributed by atoms with Crippen LogP contribution in [0.2, 0.25) is 0 Å². The molecule has 0 spiro atoms. The Hall–Kier alpha value is -2.17. The van der Waals surface area contributed by atoms with E-state index in [1.54, 1.807) is 12.1 Å². The highest BCUT2D eigenvalue weighted by Gasteiger charge is 2.04. The molecule has 4 nitrogen and oxygen atoms in total. The fourth-order valence-electron chi connectivity index (χ4n) is 1.82. The average molecular weight is 274 g/mol. The smallest absolute Gasteiger partial charge is 0.135 e. The van der Waals surface area contributed by atoms with Crippen LogP contribution in [0.4, 0.5) is 21.7 Å². The van der Waals surface area contributed by atoms with E-state index in [-0.39, 0.29) is 5.82 Å². The molecule has 0 aliphatic rings. The molecule has 5 heteroatoms. The summed E-state index contributed by atoms with van der Waals surface area (Å²) in [6.45, 7) is 3.12. The Morgan fingerprint density at radius 2 is 1.95 bits per heavy atom. The molecule has 1 heterocycles. The van der Waals surface area contributed by atoms with Gasteiger partial charge in [0.2, 0.25) is 0 Å². The Kier molecular flexibility index (Phi) is 4.87.